The van der Waals surface area contributed by atoms with Crippen molar-refractivity contribution in [1.82, 2.24) is 0 Å². The quantitative estimate of drug-likeness (QED) is 0.842. The number of esters is 1. The molecule has 0 aliphatic rings. The first-order chi connectivity index (χ1) is 11.4. The zero-order chi connectivity index (χ0) is 17.7. The molecule has 1 aromatic carbocycles. The Morgan fingerprint density at radius 3 is 2.71 bits per heavy atom. The average Bonchev–Trinajstić information content (AvgIpc) is 2.97. The first kappa shape index (κ1) is 17.5. The highest BCUT2D eigenvalue weighted by Crippen LogP contribution is 2.28. The van der Waals surface area contributed by atoms with Crippen LogP contribution in [0.2, 0.25) is 0 Å². The number of anilines is 1. The Balaban J connectivity index is 2.10. The third kappa shape index (κ3) is 4.12. The van der Waals surface area contributed by atoms with E-state index in [1.807, 2.05) is 31.2 Å². The van der Waals surface area contributed by atoms with Crippen LogP contribution < -0.4 is 10.1 Å². The maximum Gasteiger partial charge on any atom is 0.348 e. The highest BCUT2D eigenvalue weighted by atomic mass is 32.1. The Kier molecular flexibility index (Phi) is 5.55. The van der Waals surface area contributed by atoms with Gasteiger partial charge in [0, 0.05) is 0 Å². The zero-order valence-electron chi connectivity index (χ0n) is 13.5. The number of nitrogens with one attached hydrogen (secondary N) is 1. The van der Waals surface area contributed by atoms with E-state index in [2.05, 4.69) is 10.1 Å². The summed E-state index contributed by atoms with van der Waals surface area (Å²) in [5, 5.41) is 12.0. The number of carbonyl (C=O) groups is 2. The molecule has 0 spiro atoms. The van der Waals surface area contributed by atoms with Crippen molar-refractivity contribution in [2.24, 2.45) is 0 Å². The molecule has 1 aromatic heterocycles. The number of rotatable bonds is 5. The number of carbonyl (C=O) groups excluding carboxylic acids is 2. The molecule has 1 amide bonds. The minimum absolute atomic E-state index is 0.205. The van der Waals surface area contributed by atoms with Crippen LogP contribution in [0.15, 0.2) is 30.3 Å². The molecule has 0 fully saturated rings. The number of hydrogen-bond acceptors (Lipinski definition) is 6. The first-order valence-corrected chi connectivity index (χ1v) is 7.92. The van der Waals surface area contributed by atoms with Crippen molar-refractivity contribution in [2.75, 3.05) is 12.4 Å². The number of ether oxygens (including phenoxy) is 2. The van der Waals surface area contributed by atoms with Gasteiger partial charge in [0.15, 0.2) is 6.10 Å². The van der Waals surface area contributed by atoms with Crippen molar-refractivity contribution in [1.29, 1.82) is 5.26 Å². The molecule has 1 heterocycles. The van der Waals surface area contributed by atoms with Gasteiger partial charge in [0.1, 0.15) is 21.7 Å². The van der Waals surface area contributed by atoms with Crippen molar-refractivity contribution >= 4 is 28.2 Å². The van der Waals surface area contributed by atoms with Gasteiger partial charge in [0.05, 0.1) is 12.7 Å². The summed E-state index contributed by atoms with van der Waals surface area (Å²) in [6, 6.07) is 10.7. The number of nitrogens with zero attached hydrogens (tertiary/aromatic N) is 1. The van der Waals surface area contributed by atoms with Crippen LogP contribution >= 0.6 is 11.3 Å². The van der Waals surface area contributed by atoms with Gasteiger partial charge in [-0.15, -0.1) is 11.3 Å². The summed E-state index contributed by atoms with van der Waals surface area (Å²) in [7, 11) is 1.25. The van der Waals surface area contributed by atoms with Crippen LogP contribution in [0, 0.1) is 18.3 Å². The van der Waals surface area contributed by atoms with Gasteiger partial charge >= 0.3 is 5.97 Å². The SMILES string of the molecule is COC(=O)c1cc(C#N)c(NC(=O)[C@H](C)Oc2cccc(C)c2)s1. The van der Waals surface area contributed by atoms with Crippen molar-refractivity contribution in [3.05, 3.63) is 46.3 Å². The smallest absolute Gasteiger partial charge is 0.348 e. The lowest BCUT2D eigenvalue weighted by Crippen LogP contribution is -2.30. The van der Waals surface area contributed by atoms with Gasteiger partial charge in [0.2, 0.25) is 0 Å². The number of nitriles is 1. The second-order valence-corrected chi connectivity index (χ2v) is 6.07. The maximum atomic E-state index is 12.3. The molecule has 7 heteroatoms. The summed E-state index contributed by atoms with van der Waals surface area (Å²) in [4.78, 5) is 24.0. The first-order valence-electron chi connectivity index (χ1n) is 7.11. The number of amides is 1. The zero-order valence-corrected chi connectivity index (χ0v) is 14.3. The molecule has 0 aliphatic heterocycles. The van der Waals surface area contributed by atoms with E-state index in [0.717, 1.165) is 16.9 Å². The summed E-state index contributed by atoms with van der Waals surface area (Å²) in [6.45, 7) is 3.54. The molecular formula is C17H16N2O4S. The molecule has 1 N–H and O–H groups in total. The van der Waals surface area contributed by atoms with Crippen LogP contribution in [0.5, 0.6) is 5.75 Å². The molecule has 2 aromatic rings. The Morgan fingerprint density at radius 1 is 1.33 bits per heavy atom. The van der Waals surface area contributed by atoms with Gasteiger partial charge in [0.25, 0.3) is 5.91 Å². The molecule has 0 unspecified atom stereocenters. The van der Waals surface area contributed by atoms with E-state index in [4.69, 9.17) is 10.00 Å². The van der Waals surface area contributed by atoms with E-state index >= 15 is 0 Å². The van der Waals surface area contributed by atoms with E-state index in [-0.39, 0.29) is 10.4 Å². The lowest BCUT2D eigenvalue weighted by atomic mass is 10.2. The van der Waals surface area contributed by atoms with Gasteiger partial charge in [-0.1, -0.05) is 12.1 Å². The average molecular weight is 344 g/mol. The van der Waals surface area contributed by atoms with Crippen LogP contribution in [0.3, 0.4) is 0 Å². The molecule has 0 saturated carbocycles. The summed E-state index contributed by atoms with van der Waals surface area (Å²) < 4.78 is 10.2. The Hall–Kier alpha value is -2.85. The van der Waals surface area contributed by atoms with Crippen LogP contribution in [0.25, 0.3) is 0 Å². The minimum Gasteiger partial charge on any atom is -0.481 e. The Bertz CT molecular complexity index is 807. The number of aryl methyl sites for hydroxylation is 1. The molecule has 2 rings (SSSR count). The predicted octanol–water partition coefficient (Wildman–Crippen LogP) is 3.12. The van der Waals surface area contributed by atoms with E-state index in [1.54, 1.807) is 13.0 Å². The standard InChI is InChI=1S/C17H16N2O4S/c1-10-5-4-6-13(7-10)23-11(2)15(20)19-16-12(9-18)8-14(24-16)17(21)22-3/h4-8,11H,1-3H3,(H,19,20)/t11-/m0/s1. The summed E-state index contributed by atoms with van der Waals surface area (Å²) in [5.74, 6) is -0.382. The van der Waals surface area contributed by atoms with Crippen LogP contribution in [0.1, 0.15) is 27.7 Å². The molecule has 0 saturated heterocycles. The molecule has 0 radical (unpaired) electrons. The summed E-state index contributed by atoms with van der Waals surface area (Å²) in [5.41, 5.74) is 1.23. The third-order valence-electron chi connectivity index (χ3n) is 3.15. The van der Waals surface area contributed by atoms with E-state index in [0.29, 0.717) is 10.8 Å². The highest BCUT2D eigenvalue weighted by molar-refractivity contribution is 7.18. The van der Waals surface area contributed by atoms with Gasteiger partial charge in [-0.25, -0.2) is 4.79 Å². The monoisotopic (exact) mass is 344 g/mol. The topological polar surface area (TPSA) is 88.4 Å². The molecule has 24 heavy (non-hydrogen) atoms. The molecular weight excluding hydrogens is 328 g/mol. The van der Waals surface area contributed by atoms with Gasteiger partial charge in [-0.2, -0.15) is 5.26 Å². The fraction of sp³-hybridized carbons (Fsp3) is 0.235. The normalized spacial score (nSPS) is 11.2. The Morgan fingerprint density at radius 2 is 2.08 bits per heavy atom. The van der Waals surface area contributed by atoms with E-state index in [9.17, 15) is 9.59 Å². The molecule has 0 aliphatic carbocycles. The van der Waals surface area contributed by atoms with Crippen LogP contribution in [-0.4, -0.2) is 25.1 Å². The molecule has 0 bridgehead atoms. The second-order valence-electron chi connectivity index (χ2n) is 5.02. The van der Waals surface area contributed by atoms with Gasteiger partial charge in [-0.3, -0.25) is 4.79 Å². The fourth-order valence-corrected chi connectivity index (χ4v) is 2.86. The lowest BCUT2D eigenvalue weighted by molar-refractivity contribution is -0.122. The van der Waals surface area contributed by atoms with E-state index < -0.39 is 18.0 Å². The fourth-order valence-electron chi connectivity index (χ4n) is 1.93. The molecule has 124 valence electrons. The van der Waals surface area contributed by atoms with Crippen molar-refractivity contribution in [3.8, 4) is 11.8 Å². The van der Waals surface area contributed by atoms with Crippen molar-refractivity contribution in [2.45, 2.75) is 20.0 Å². The van der Waals surface area contributed by atoms with Crippen molar-refractivity contribution in [3.63, 3.8) is 0 Å². The molecule has 1 atom stereocenters. The van der Waals surface area contributed by atoms with Crippen LogP contribution in [0.4, 0.5) is 5.00 Å². The third-order valence-corrected chi connectivity index (χ3v) is 4.18. The van der Waals surface area contributed by atoms with Crippen LogP contribution in [-0.2, 0) is 9.53 Å². The number of methoxy groups -OCH3 is 1. The summed E-state index contributed by atoms with van der Waals surface area (Å²) in [6.07, 6.45) is -0.762. The number of benzene rings is 1. The number of hydrogen-bond donors (Lipinski definition) is 1. The second kappa shape index (κ2) is 7.62. The van der Waals surface area contributed by atoms with E-state index in [1.165, 1.54) is 13.2 Å². The summed E-state index contributed by atoms with van der Waals surface area (Å²) >= 11 is 0.987. The lowest BCUT2D eigenvalue weighted by Gasteiger charge is -2.14. The molecule has 6 nitrogen and oxygen atoms in total. The largest absolute Gasteiger partial charge is 0.481 e. The number of thiophene rings is 1. The Labute approximate surface area is 143 Å². The minimum atomic E-state index is -0.762. The highest BCUT2D eigenvalue weighted by Gasteiger charge is 2.20. The maximum absolute atomic E-state index is 12.3. The van der Waals surface area contributed by atoms with Gasteiger partial charge < -0.3 is 14.8 Å². The van der Waals surface area contributed by atoms with Crippen molar-refractivity contribution < 1.29 is 19.1 Å². The predicted molar refractivity (Wildman–Crippen MR) is 90.3 cm³/mol. The van der Waals surface area contributed by atoms with Gasteiger partial charge in [-0.05, 0) is 37.6 Å².